The van der Waals surface area contributed by atoms with Crippen LogP contribution in [0, 0.1) is 5.92 Å². The first-order valence-corrected chi connectivity index (χ1v) is 9.53. The molecule has 1 atom stereocenters. The van der Waals surface area contributed by atoms with Crippen molar-refractivity contribution in [3.63, 3.8) is 0 Å². The van der Waals surface area contributed by atoms with Crippen LogP contribution < -0.4 is 20.5 Å². The van der Waals surface area contributed by atoms with Crippen molar-refractivity contribution in [2.75, 3.05) is 18.6 Å². The zero-order chi connectivity index (χ0) is 20.4. The summed E-state index contributed by atoms with van der Waals surface area (Å²) < 4.78 is 7.65. The Morgan fingerprint density at radius 2 is 2.04 bits per heavy atom. The number of aryl methyl sites for hydroxylation is 1. The van der Waals surface area contributed by atoms with Gasteiger partial charge in [0.1, 0.15) is 11.4 Å². The van der Waals surface area contributed by atoms with E-state index in [1.54, 1.807) is 42.1 Å². The van der Waals surface area contributed by atoms with Crippen LogP contribution in [0.15, 0.2) is 34.9 Å². The van der Waals surface area contributed by atoms with Crippen LogP contribution in [0.3, 0.4) is 0 Å². The van der Waals surface area contributed by atoms with Gasteiger partial charge in [0.05, 0.1) is 18.7 Å². The molecule has 2 heterocycles. The SMILES string of the molecule is COc1ccc(Cl)cc1N1CC(C(=O)NNC(=O)c2cc(Br)cn2C)CC1=O. The minimum absolute atomic E-state index is 0.0209. The van der Waals surface area contributed by atoms with Gasteiger partial charge in [0.2, 0.25) is 11.8 Å². The van der Waals surface area contributed by atoms with Crippen molar-refractivity contribution in [3.05, 3.63) is 45.7 Å². The summed E-state index contributed by atoms with van der Waals surface area (Å²) in [5.74, 6) is -1.26. The summed E-state index contributed by atoms with van der Waals surface area (Å²) in [6, 6.07) is 6.57. The maximum Gasteiger partial charge on any atom is 0.286 e. The van der Waals surface area contributed by atoms with Gasteiger partial charge in [0, 0.05) is 35.7 Å². The van der Waals surface area contributed by atoms with Gasteiger partial charge in [-0.3, -0.25) is 25.2 Å². The quantitative estimate of drug-likeness (QED) is 0.672. The van der Waals surface area contributed by atoms with Gasteiger partial charge in [0.25, 0.3) is 5.91 Å². The molecule has 0 saturated carbocycles. The Labute approximate surface area is 174 Å². The molecule has 10 heteroatoms. The van der Waals surface area contributed by atoms with E-state index in [9.17, 15) is 14.4 Å². The average molecular weight is 470 g/mol. The van der Waals surface area contributed by atoms with Gasteiger partial charge in [-0.1, -0.05) is 11.6 Å². The van der Waals surface area contributed by atoms with E-state index in [4.69, 9.17) is 16.3 Å². The van der Waals surface area contributed by atoms with Crippen molar-refractivity contribution in [2.45, 2.75) is 6.42 Å². The lowest BCUT2D eigenvalue weighted by Gasteiger charge is -2.20. The monoisotopic (exact) mass is 468 g/mol. The molecular formula is C18H18BrClN4O4. The van der Waals surface area contributed by atoms with E-state index in [0.717, 1.165) is 4.47 Å². The topological polar surface area (TPSA) is 92.7 Å². The fourth-order valence-corrected chi connectivity index (χ4v) is 3.71. The van der Waals surface area contributed by atoms with E-state index >= 15 is 0 Å². The molecule has 3 amide bonds. The molecular weight excluding hydrogens is 452 g/mol. The molecule has 1 fully saturated rings. The van der Waals surface area contributed by atoms with E-state index in [1.165, 1.54) is 12.0 Å². The number of anilines is 1. The molecule has 0 spiro atoms. The third-order valence-electron chi connectivity index (χ3n) is 4.43. The molecule has 2 aromatic rings. The zero-order valence-electron chi connectivity index (χ0n) is 15.2. The molecule has 1 saturated heterocycles. The fraction of sp³-hybridized carbons (Fsp3) is 0.278. The van der Waals surface area contributed by atoms with Crippen LogP contribution in [-0.2, 0) is 16.6 Å². The normalized spacial score (nSPS) is 16.2. The van der Waals surface area contributed by atoms with Gasteiger partial charge >= 0.3 is 0 Å². The number of aromatic nitrogens is 1. The number of rotatable bonds is 4. The molecule has 2 N–H and O–H groups in total. The Morgan fingerprint density at radius 1 is 1.29 bits per heavy atom. The molecule has 0 radical (unpaired) electrons. The van der Waals surface area contributed by atoms with Crippen molar-refractivity contribution >= 4 is 50.9 Å². The number of hydrazine groups is 1. The number of hydrogen-bond donors (Lipinski definition) is 2. The number of halogens is 2. The molecule has 1 aromatic carbocycles. The molecule has 1 aromatic heterocycles. The number of hydrogen-bond acceptors (Lipinski definition) is 4. The van der Waals surface area contributed by atoms with Gasteiger partial charge < -0.3 is 14.2 Å². The molecule has 1 aliphatic heterocycles. The van der Waals surface area contributed by atoms with E-state index in [2.05, 4.69) is 26.8 Å². The minimum Gasteiger partial charge on any atom is -0.495 e. The maximum absolute atomic E-state index is 12.4. The highest BCUT2D eigenvalue weighted by Gasteiger charge is 2.36. The number of ether oxygens (including phenoxy) is 1. The third kappa shape index (κ3) is 4.15. The number of nitrogens with zero attached hydrogens (tertiary/aromatic N) is 2. The van der Waals surface area contributed by atoms with E-state index in [-0.39, 0.29) is 18.9 Å². The van der Waals surface area contributed by atoms with E-state index < -0.39 is 17.7 Å². The van der Waals surface area contributed by atoms with Crippen molar-refractivity contribution in [1.29, 1.82) is 0 Å². The maximum atomic E-state index is 12.4. The summed E-state index contributed by atoms with van der Waals surface area (Å²) in [6.45, 7) is 0.160. The first-order chi connectivity index (χ1) is 13.3. The van der Waals surface area contributed by atoms with E-state index in [0.29, 0.717) is 22.2 Å². The van der Waals surface area contributed by atoms with Crippen LogP contribution in [0.2, 0.25) is 5.02 Å². The highest BCUT2D eigenvalue weighted by atomic mass is 79.9. The number of amides is 3. The standard InChI is InChI=1S/C18H18BrClN4O4/c1-23-9-11(19)6-14(23)18(27)22-21-17(26)10-5-16(25)24(8-10)13-7-12(20)3-4-15(13)28-2/h3-4,6-7,9-10H,5,8H2,1-2H3,(H,21,26)(H,22,27). The van der Waals surface area contributed by atoms with Gasteiger partial charge in [-0.05, 0) is 40.2 Å². The molecule has 8 nitrogen and oxygen atoms in total. The fourth-order valence-electron chi connectivity index (χ4n) is 3.02. The van der Waals surface area contributed by atoms with E-state index in [1.807, 2.05) is 0 Å². The van der Waals surface area contributed by atoms with Crippen LogP contribution in [-0.4, -0.2) is 35.9 Å². The molecule has 148 valence electrons. The van der Waals surface area contributed by atoms with Crippen molar-refractivity contribution in [2.24, 2.45) is 13.0 Å². The van der Waals surface area contributed by atoms with Crippen LogP contribution in [0.1, 0.15) is 16.9 Å². The second-order valence-electron chi connectivity index (χ2n) is 6.32. The van der Waals surface area contributed by atoms with Crippen LogP contribution in [0.4, 0.5) is 5.69 Å². The summed E-state index contributed by atoms with van der Waals surface area (Å²) in [6.07, 6.45) is 1.75. The smallest absolute Gasteiger partial charge is 0.286 e. The van der Waals surface area contributed by atoms with Crippen LogP contribution in [0.5, 0.6) is 5.75 Å². The molecule has 1 unspecified atom stereocenters. The summed E-state index contributed by atoms with van der Waals surface area (Å²) in [4.78, 5) is 38.5. The first-order valence-electron chi connectivity index (χ1n) is 8.36. The largest absolute Gasteiger partial charge is 0.495 e. The Morgan fingerprint density at radius 3 is 2.68 bits per heavy atom. The summed E-state index contributed by atoms with van der Waals surface area (Å²) in [7, 11) is 3.21. The second kappa shape index (κ2) is 8.24. The molecule has 0 aliphatic carbocycles. The first kappa shape index (κ1) is 20.2. The third-order valence-corrected chi connectivity index (χ3v) is 5.10. The number of methoxy groups -OCH3 is 1. The molecule has 1 aliphatic rings. The number of nitrogens with one attached hydrogen (secondary N) is 2. The Bertz CT molecular complexity index is 946. The number of carbonyl (C=O) groups excluding carboxylic acids is 3. The van der Waals surface area contributed by atoms with Gasteiger partial charge in [-0.15, -0.1) is 0 Å². The van der Waals surface area contributed by atoms with Gasteiger partial charge in [-0.25, -0.2) is 0 Å². The summed E-state index contributed by atoms with van der Waals surface area (Å²) in [5.41, 5.74) is 5.65. The lowest BCUT2D eigenvalue weighted by atomic mass is 10.1. The Hall–Kier alpha value is -2.52. The van der Waals surface area contributed by atoms with Crippen LogP contribution >= 0.6 is 27.5 Å². The number of benzene rings is 1. The highest BCUT2D eigenvalue weighted by Crippen LogP contribution is 2.35. The second-order valence-corrected chi connectivity index (χ2v) is 7.67. The van der Waals surface area contributed by atoms with Gasteiger partial charge in [-0.2, -0.15) is 0 Å². The summed E-state index contributed by atoms with van der Waals surface area (Å²) >= 11 is 9.32. The van der Waals surface area contributed by atoms with Crippen LogP contribution in [0.25, 0.3) is 0 Å². The average Bonchev–Trinajstić information content (AvgIpc) is 3.21. The highest BCUT2D eigenvalue weighted by molar-refractivity contribution is 9.10. The Kier molecular flexibility index (Phi) is 5.95. The summed E-state index contributed by atoms with van der Waals surface area (Å²) in [5, 5.41) is 0.456. The molecule has 28 heavy (non-hydrogen) atoms. The molecule has 0 bridgehead atoms. The predicted octanol–water partition coefficient (Wildman–Crippen LogP) is 2.26. The minimum atomic E-state index is -0.614. The lowest BCUT2D eigenvalue weighted by Crippen LogP contribution is -2.45. The number of carbonyl (C=O) groups is 3. The van der Waals surface area contributed by atoms with Crippen molar-refractivity contribution < 1.29 is 19.1 Å². The zero-order valence-corrected chi connectivity index (χ0v) is 17.5. The van der Waals surface area contributed by atoms with Gasteiger partial charge in [0.15, 0.2) is 0 Å². The van der Waals surface area contributed by atoms with Crippen molar-refractivity contribution in [3.8, 4) is 5.75 Å². The Balaban J connectivity index is 1.65. The van der Waals surface area contributed by atoms with Crippen molar-refractivity contribution in [1.82, 2.24) is 15.4 Å². The predicted molar refractivity (Wildman–Crippen MR) is 107 cm³/mol. The molecule has 3 rings (SSSR count). The lowest BCUT2D eigenvalue weighted by molar-refractivity contribution is -0.126.